The molecule has 0 unspecified atom stereocenters. The van der Waals surface area contributed by atoms with Crippen molar-refractivity contribution >= 4 is 11.8 Å². The number of nitrogens with one attached hydrogen (secondary N) is 1. The summed E-state index contributed by atoms with van der Waals surface area (Å²) in [6.07, 6.45) is 1.73. The van der Waals surface area contributed by atoms with E-state index in [9.17, 15) is 0 Å². The highest BCUT2D eigenvalue weighted by atomic mass is 32.2. The van der Waals surface area contributed by atoms with Crippen molar-refractivity contribution in [3.05, 3.63) is 12.2 Å². The molecule has 0 aliphatic rings. The van der Waals surface area contributed by atoms with Crippen LogP contribution in [0.2, 0.25) is 0 Å². The fourth-order valence-corrected chi connectivity index (χ4v) is 2.03. The highest BCUT2D eigenvalue weighted by molar-refractivity contribution is 8.00. The summed E-state index contributed by atoms with van der Waals surface area (Å²) >= 11 is 1.98. The third-order valence-electron chi connectivity index (χ3n) is 2.18. The first-order valence-corrected chi connectivity index (χ1v) is 6.57. The molecule has 0 bridgehead atoms. The van der Waals surface area contributed by atoms with Crippen LogP contribution in [-0.2, 0) is 13.6 Å². The predicted molar refractivity (Wildman–Crippen MR) is 69.5 cm³/mol. The molecule has 0 spiro atoms. The van der Waals surface area contributed by atoms with Crippen LogP contribution in [0.25, 0.3) is 0 Å². The van der Waals surface area contributed by atoms with Gasteiger partial charge >= 0.3 is 0 Å². The zero-order chi connectivity index (χ0) is 12.2. The quantitative estimate of drug-likeness (QED) is 0.855. The molecule has 1 aromatic rings. The lowest BCUT2D eigenvalue weighted by atomic mass is 10.3. The molecule has 92 valence electrons. The molecule has 0 aliphatic carbocycles. The van der Waals surface area contributed by atoms with Crippen LogP contribution in [0, 0.1) is 0 Å². The van der Waals surface area contributed by atoms with Gasteiger partial charge in [0.05, 0.1) is 6.54 Å². The average Bonchev–Trinajstić information content (AvgIpc) is 2.57. The minimum Gasteiger partial charge on any atom is -0.320 e. The molecule has 5 heteroatoms. The van der Waals surface area contributed by atoms with Crippen molar-refractivity contribution in [1.82, 2.24) is 20.1 Å². The monoisotopic (exact) mass is 242 g/mol. The average molecular weight is 242 g/mol. The molecule has 0 fully saturated rings. The summed E-state index contributed by atoms with van der Waals surface area (Å²) in [5.41, 5.74) is 0. The summed E-state index contributed by atoms with van der Waals surface area (Å²) in [6, 6.07) is 0.487. The van der Waals surface area contributed by atoms with Crippen molar-refractivity contribution in [2.45, 2.75) is 45.0 Å². The maximum atomic E-state index is 4.04. The van der Waals surface area contributed by atoms with E-state index >= 15 is 0 Å². The first kappa shape index (κ1) is 13.5. The maximum absolute atomic E-state index is 4.04. The fraction of sp³-hybridized carbons (Fsp3) is 0.818. The molecule has 1 heterocycles. The van der Waals surface area contributed by atoms with Gasteiger partial charge in [0.2, 0.25) is 0 Å². The van der Waals surface area contributed by atoms with E-state index in [4.69, 9.17) is 0 Å². The molecular formula is C11H22N4S. The predicted octanol–water partition coefficient (Wildman–Crippen LogP) is 1.82. The zero-order valence-corrected chi connectivity index (χ0v) is 11.6. The van der Waals surface area contributed by atoms with Gasteiger partial charge in [-0.3, -0.25) is 0 Å². The molecule has 0 saturated carbocycles. The normalized spacial score (nSPS) is 14.1. The van der Waals surface area contributed by atoms with E-state index in [1.165, 1.54) is 0 Å². The fourth-order valence-electron chi connectivity index (χ4n) is 1.17. The van der Waals surface area contributed by atoms with Crippen LogP contribution in [0.1, 0.15) is 33.5 Å². The van der Waals surface area contributed by atoms with Gasteiger partial charge in [0, 0.05) is 23.6 Å². The van der Waals surface area contributed by atoms with Gasteiger partial charge in [-0.15, -0.1) is 10.2 Å². The molecule has 0 saturated heterocycles. The third-order valence-corrected chi connectivity index (χ3v) is 3.71. The van der Waals surface area contributed by atoms with Crippen LogP contribution in [0.5, 0.6) is 0 Å². The summed E-state index contributed by atoms with van der Waals surface area (Å²) in [5, 5.41) is 11.3. The van der Waals surface area contributed by atoms with Crippen LogP contribution in [0.3, 0.4) is 0 Å². The van der Waals surface area contributed by atoms with Gasteiger partial charge in [-0.1, -0.05) is 20.8 Å². The molecule has 0 aromatic carbocycles. The Morgan fingerprint density at radius 1 is 1.50 bits per heavy atom. The lowest BCUT2D eigenvalue weighted by Crippen LogP contribution is -2.30. The number of aryl methyl sites for hydroxylation is 1. The van der Waals surface area contributed by atoms with Crippen LogP contribution in [0.15, 0.2) is 6.33 Å². The van der Waals surface area contributed by atoms with Crippen molar-refractivity contribution in [2.24, 2.45) is 7.05 Å². The number of rotatable bonds is 5. The molecule has 16 heavy (non-hydrogen) atoms. The van der Waals surface area contributed by atoms with Crippen LogP contribution >= 0.6 is 11.8 Å². The van der Waals surface area contributed by atoms with Crippen LogP contribution in [0.4, 0.5) is 0 Å². The Morgan fingerprint density at radius 2 is 2.19 bits per heavy atom. The summed E-state index contributed by atoms with van der Waals surface area (Å²) in [6.45, 7) is 9.71. The van der Waals surface area contributed by atoms with Gasteiger partial charge < -0.3 is 9.88 Å². The second-order valence-corrected chi connectivity index (χ2v) is 6.91. The second-order valence-electron chi connectivity index (χ2n) is 5.06. The number of aromatic nitrogens is 3. The minimum atomic E-state index is 0.334. The molecule has 0 aliphatic heterocycles. The maximum Gasteiger partial charge on any atom is 0.146 e. The highest BCUT2D eigenvalue weighted by Crippen LogP contribution is 2.23. The van der Waals surface area contributed by atoms with Crippen molar-refractivity contribution in [1.29, 1.82) is 0 Å². The Kier molecular flexibility index (Phi) is 4.80. The molecule has 0 amide bonds. The zero-order valence-electron chi connectivity index (χ0n) is 10.8. The third kappa shape index (κ3) is 4.99. The largest absolute Gasteiger partial charge is 0.320 e. The van der Waals surface area contributed by atoms with Gasteiger partial charge in [0.15, 0.2) is 0 Å². The lowest BCUT2D eigenvalue weighted by Gasteiger charge is -2.21. The number of hydrogen-bond donors (Lipinski definition) is 1. The smallest absolute Gasteiger partial charge is 0.146 e. The highest BCUT2D eigenvalue weighted by Gasteiger charge is 2.13. The number of thioether (sulfide) groups is 1. The van der Waals surface area contributed by atoms with Crippen molar-refractivity contribution in [3.8, 4) is 0 Å². The van der Waals surface area contributed by atoms with Gasteiger partial charge in [-0.25, -0.2) is 0 Å². The number of nitrogens with zero attached hydrogens (tertiary/aromatic N) is 3. The molecular weight excluding hydrogens is 220 g/mol. The second kappa shape index (κ2) is 5.68. The molecule has 4 nitrogen and oxygen atoms in total. The molecule has 0 radical (unpaired) electrons. The summed E-state index contributed by atoms with van der Waals surface area (Å²) < 4.78 is 2.28. The van der Waals surface area contributed by atoms with E-state index in [-0.39, 0.29) is 0 Å². The first-order chi connectivity index (χ1) is 7.38. The van der Waals surface area contributed by atoms with E-state index in [0.29, 0.717) is 10.8 Å². The van der Waals surface area contributed by atoms with E-state index in [1.54, 1.807) is 6.33 Å². The Hall–Kier alpha value is -0.550. The van der Waals surface area contributed by atoms with Crippen molar-refractivity contribution in [3.63, 3.8) is 0 Å². The van der Waals surface area contributed by atoms with Crippen molar-refractivity contribution in [2.75, 3.05) is 5.75 Å². The van der Waals surface area contributed by atoms with Crippen molar-refractivity contribution < 1.29 is 0 Å². The molecule has 1 N–H and O–H groups in total. The van der Waals surface area contributed by atoms with Gasteiger partial charge in [0.25, 0.3) is 0 Å². The Morgan fingerprint density at radius 3 is 2.69 bits per heavy atom. The van der Waals surface area contributed by atoms with E-state index in [2.05, 4.69) is 43.2 Å². The Balaban J connectivity index is 2.25. The SMILES string of the molecule is C[C@@H](CSC(C)(C)C)NCc1nncn1C. The summed E-state index contributed by atoms with van der Waals surface area (Å²) in [4.78, 5) is 0. The summed E-state index contributed by atoms with van der Waals surface area (Å²) in [5.74, 6) is 2.09. The lowest BCUT2D eigenvalue weighted by molar-refractivity contribution is 0.564. The van der Waals surface area contributed by atoms with Crippen LogP contribution in [-0.4, -0.2) is 31.3 Å². The van der Waals surface area contributed by atoms with Gasteiger partial charge in [-0.2, -0.15) is 11.8 Å². The van der Waals surface area contributed by atoms with E-state index in [1.807, 2.05) is 23.4 Å². The van der Waals surface area contributed by atoms with Gasteiger partial charge in [-0.05, 0) is 6.92 Å². The van der Waals surface area contributed by atoms with Gasteiger partial charge in [0.1, 0.15) is 12.2 Å². The molecule has 1 aromatic heterocycles. The standard InChI is InChI=1S/C11H22N4S/c1-9(7-16-11(2,3)4)12-6-10-14-13-8-15(10)5/h8-9,12H,6-7H2,1-5H3/t9-/m0/s1. The minimum absolute atomic E-state index is 0.334. The first-order valence-electron chi connectivity index (χ1n) is 5.59. The van der Waals surface area contributed by atoms with Crippen LogP contribution < -0.4 is 5.32 Å². The molecule has 1 rings (SSSR count). The number of hydrogen-bond acceptors (Lipinski definition) is 4. The Bertz CT molecular complexity index is 316. The Labute approximate surface area is 102 Å². The van der Waals surface area contributed by atoms with E-state index in [0.717, 1.165) is 18.1 Å². The topological polar surface area (TPSA) is 42.7 Å². The molecule has 1 atom stereocenters. The van der Waals surface area contributed by atoms with E-state index < -0.39 is 0 Å². The summed E-state index contributed by atoms with van der Waals surface area (Å²) in [7, 11) is 1.96.